The van der Waals surface area contributed by atoms with Crippen LogP contribution in [0.2, 0.25) is 0 Å². The average molecular weight is 368 g/mol. The van der Waals surface area contributed by atoms with Gasteiger partial charge in [0, 0.05) is 25.0 Å². The van der Waals surface area contributed by atoms with Crippen LogP contribution in [0.25, 0.3) is 10.8 Å². The van der Waals surface area contributed by atoms with Crippen LogP contribution in [0, 0.1) is 5.92 Å². The van der Waals surface area contributed by atoms with E-state index in [0.29, 0.717) is 23.0 Å². The van der Waals surface area contributed by atoms with Crippen LogP contribution in [0.5, 0.6) is 0 Å². The fourth-order valence-electron chi connectivity index (χ4n) is 4.78. The minimum atomic E-state index is -0.130. The lowest BCUT2D eigenvalue weighted by atomic mass is 9.83. The second-order valence-corrected chi connectivity index (χ2v) is 7.90. The Bertz CT molecular complexity index is 889. The van der Waals surface area contributed by atoms with E-state index in [9.17, 15) is 9.59 Å². The van der Waals surface area contributed by atoms with Crippen molar-refractivity contribution >= 4 is 16.7 Å². The number of amides is 1. The predicted molar refractivity (Wildman–Crippen MR) is 106 cm³/mol. The van der Waals surface area contributed by atoms with Gasteiger partial charge in [-0.15, -0.1) is 0 Å². The molecule has 0 unspecified atom stereocenters. The van der Waals surface area contributed by atoms with Crippen molar-refractivity contribution in [1.29, 1.82) is 0 Å². The normalized spacial score (nSPS) is 23.1. The van der Waals surface area contributed by atoms with E-state index in [1.165, 1.54) is 49.9 Å². The molecule has 1 aromatic heterocycles. The number of nitrogens with one attached hydrogen (secondary N) is 1. The molecule has 6 heteroatoms. The van der Waals surface area contributed by atoms with Crippen molar-refractivity contribution in [1.82, 2.24) is 20.0 Å². The van der Waals surface area contributed by atoms with E-state index in [1.54, 1.807) is 13.1 Å². The Balaban J connectivity index is 1.43. The van der Waals surface area contributed by atoms with E-state index < -0.39 is 0 Å². The van der Waals surface area contributed by atoms with Gasteiger partial charge >= 0.3 is 0 Å². The van der Waals surface area contributed by atoms with Gasteiger partial charge in [0.05, 0.1) is 17.5 Å². The molecular weight excluding hydrogens is 340 g/mol. The van der Waals surface area contributed by atoms with Crippen LogP contribution >= 0.6 is 0 Å². The third-order valence-corrected chi connectivity index (χ3v) is 6.15. The van der Waals surface area contributed by atoms with Gasteiger partial charge in [-0.05, 0) is 50.8 Å². The first-order valence-corrected chi connectivity index (χ1v) is 10.1. The number of aryl methyl sites for hydroxylation is 1. The topological polar surface area (TPSA) is 67.2 Å². The van der Waals surface area contributed by atoms with Gasteiger partial charge in [0.15, 0.2) is 0 Å². The Morgan fingerprint density at radius 3 is 2.78 bits per heavy atom. The Hall–Kier alpha value is -2.21. The molecular formula is C21H28N4O2. The number of benzene rings is 1. The maximum absolute atomic E-state index is 12.6. The third-order valence-electron chi connectivity index (χ3n) is 6.15. The van der Waals surface area contributed by atoms with Crippen LogP contribution in [0.4, 0.5) is 0 Å². The van der Waals surface area contributed by atoms with Crippen molar-refractivity contribution < 1.29 is 4.79 Å². The van der Waals surface area contributed by atoms with E-state index >= 15 is 0 Å². The molecule has 0 bridgehead atoms. The van der Waals surface area contributed by atoms with Crippen LogP contribution in [-0.4, -0.2) is 46.3 Å². The first-order valence-electron chi connectivity index (χ1n) is 10.1. The molecule has 2 saturated heterocycles. The zero-order chi connectivity index (χ0) is 18.8. The van der Waals surface area contributed by atoms with Crippen molar-refractivity contribution in [3.8, 4) is 0 Å². The molecule has 2 atom stereocenters. The smallest absolute Gasteiger partial charge is 0.274 e. The van der Waals surface area contributed by atoms with Gasteiger partial charge in [0.1, 0.15) is 0 Å². The first-order chi connectivity index (χ1) is 13.1. The third kappa shape index (κ3) is 3.76. The van der Waals surface area contributed by atoms with Crippen LogP contribution in [0.1, 0.15) is 37.8 Å². The lowest BCUT2D eigenvalue weighted by molar-refractivity contribution is -0.120. The summed E-state index contributed by atoms with van der Waals surface area (Å²) in [4.78, 5) is 27.4. The van der Waals surface area contributed by atoms with Gasteiger partial charge in [-0.25, -0.2) is 4.68 Å². The molecule has 2 aliphatic rings. The van der Waals surface area contributed by atoms with Crippen molar-refractivity contribution in [3.63, 3.8) is 0 Å². The lowest BCUT2D eigenvalue weighted by Crippen LogP contribution is -2.51. The summed E-state index contributed by atoms with van der Waals surface area (Å²) in [6.07, 6.45) is 6.50. The number of rotatable bonds is 4. The monoisotopic (exact) mass is 368 g/mol. The highest BCUT2D eigenvalue weighted by Crippen LogP contribution is 2.30. The van der Waals surface area contributed by atoms with Gasteiger partial charge in [-0.3, -0.25) is 9.59 Å². The number of aromatic nitrogens is 2. The van der Waals surface area contributed by atoms with Crippen LogP contribution in [0.3, 0.4) is 0 Å². The number of carbonyl (C=O) groups is 1. The fourth-order valence-corrected chi connectivity index (χ4v) is 4.78. The fraction of sp³-hybridized carbons (Fsp3) is 0.571. The summed E-state index contributed by atoms with van der Waals surface area (Å²) in [5, 5.41) is 8.86. The summed E-state index contributed by atoms with van der Waals surface area (Å²) in [6.45, 7) is 3.16. The molecule has 3 heterocycles. The molecule has 0 spiro atoms. The van der Waals surface area contributed by atoms with Crippen LogP contribution in [-0.2, 0) is 18.3 Å². The van der Waals surface area contributed by atoms with Gasteiger partial charge < -0.3 is 10.2 Å². The quantitative estimate of drug-likeness (QED) is 0.894. The molecule has 0 saturated carbocycles. The highest BCUT2D eigenvalue weighted by atomic mass is 16.1. The zero-order valence-corrected chi connectivity index (χ0v) is 16.0. The summed E-state index contributed by atoms with van der Waals surface area (Å²) in [5.74, 6) is 0.534. The number of fused-ring (bicyclic) bond motifs is 2. The zero-order valence-electron chi connectivity index (χ0n) is 16.0. The molecule has 4 rings (SSSR count). The maximum Gasteiger partial charge on any atom is 0.274 e. The molecule has 2 aromatic rings. The number of nitrogens with zero attached hydrogens (tertiary/aromatic N) is 3. The second kappa shape index (κ2) is 7.80. The number of hydrogen-bond donors (Lipinski definition) is 1. The van der Waals surface area contributed by atoms with Crippen molar-refractivity contribution in [2.45, 2.75) is 44.6 Å². The van der Waals surface area contributed by atoms with Gasteiger partial charge in [0.25, 0.3) is 5.56 Å². The molecule has 2 aliphatic heterocycles. The summed E-state index contributed by atoms with van der Waals surface area (Å²) in [5.41, 5.74) is 0.530. The second-order valence-electron chi connectivity index (χ2n) is 7.90. The molecule has 0 aliphatic carbocycles. The predicted octanol–water partition coefficient (Wildman–Crippen LogP) is 1.86. The van der Waals surface area contributed by atoms with E-state index in [1.807, 2.05) is 18.2 Å². The average Bonchev–Trinajstić information content (AvgIpc) is 2.70. The molecule has 1 aromatic carbocycles. The summed E-state index contributed by atoms with van der Waals surface area (Å²) in [7, 11) is 1.63. The number of piperidine rings is 2. The van der Waals surface area contributed by atoms with E-state index in [4.69, 9.17) is 0 Å². The van der Waals surface area contributed by atoms with Crippen molar-refractivity contribution in [3.05, 3.63) is 40.3 Å². The molecule has 6 nitrogen and oxygen atoms in total. The highest BCUT2D eigenvalue weighted by molar-refractivity contribution is 5.88. The molecule has 1 N–H and O–H groups in total. The van der Waals surface area contributed by atoms with Crippen molar-refractivity contribution in [2.24, 2.45) is 13.0 Å². The minimum absolute atomic E-state index is 0.0146. The minimum Gasteiger partial charge on any atom is -0.355 e. The summed E-state index contributed by atoms with van der Waals surface area (Å²) < 4.78 is 1.33. The summed E-state index contributed by atoms with van der Waals surface area (Å²) in [6, 6.07) is 8.01. The maximum atomic E-state index is 12.6. The molecule has 0 radical (unpaired) electrons. The molecule has 2 fully saturated rings. The van der Waals surface area contributed by atoms with E-state index in [-0.39, 0.29) is 17.9 Å². The SMILES string of the molecule is Cn1nc(CC(=O)NC[C@@H]2CCCN3CCCC[C@H]23)c2ccccc2c1=O. The van der Waals surface area contributed by atoms with Crippen LogP contribution < -0.4 is 10.9 Å². The van der Waals surface area contributed by atoms with Crippen LogP contribution in [0.15, 0.2) is 29.1 Å². The first kappa shape index (κ1) is 18.2. The Morgan fingerprint density at radius 1 is 1.15 bits per heavy atom. The van der Waals surface area contributed by atoms with Crippen molar-refractivity contribution in [2.75, 3.05) is 19.6 Å². The molecule has 27 heavy (non-hydrogen) atoms. The standard InChI is InChI=1S/C21H28N4O2/c1-24-21(27)17-9-3-2-8-16(17)18(23-24)13-20(26)22-14-15-7-6-12-25-11-5-4-10-19(15)25/h2-3,8-9,15,19H,4-7,10-14H2,1H3,(H,22,26)/t15-,19+/m0/s1. The van der Waals surface area contributed by atoms with Gasteiger partial charge in [0.2, 0.25) is 5.91 Å². The number of hydrogen-bond acceptors (Lipinski definition) is 4. The Morgan fingerprint density at radius 2 is 1.93 bits per heavy atom. The lowest BCUT2D eigenvalue weighted by Gasteiger charge is -2.44. The Labute approximate surface area is 159 Å². The number of carbonyl (C=O) groups excluding carboxylic acids is 1. The molecule has 144 valence electrons. The Kier molecular flexibility index (Phi) is 5.25. The largest absolute Gasteiger partial charge is 0.355 e. The van der Waals surface area contributed by atoms with Gasteiger partial charge in [-0.1, -0.05) is 24.6 Å². The van der Waals surface area contributed by atoms with E-state index in [0.717, 1.165) is 11.9 Å². The molecule has 1 amide bonds. The van der Waals surface area contributed by atoms with Gasteiger partial charge in [-0.2, -0.15) is 5.10 Å². The van der Waals surface area contributed by atoms with E-state index in [2.05, 4.69) is 15.3 Å². The highest BCUT2D eigenvalue weighted by Gasteiger charge is 2.32. The summed E-state index contributed by atoms with van der Waals surface area (Å²) >= 11 is 0.